The van der Waals surface area contributed by atoms with Crippen LogP contribution >= 0.6 is 0 Å². The Bertz CT molecular complexity index is 566. The van der Waals surface area contributed by atoms with E-state index >= 15 is 0 Å². The van der Waals surface area contributed by atoms with Gasteiger partial charge in [0, 0.05) is 0 Å². The molecule has 0 saturated heterocycles. The molecule has 2 rings (SSSR count). The van der Waals surface area contributed by atoms with E-state index in [1.165, 1.54) is 17.7 Å². The van der Waals surface area contributed by atoms with E-state index < -0.39 is 0 Å². The van der Waals surface area contributed by atoms with Crippen LogP contribution in [0.1, 0.15) is 36.6 Å². The van der Waals surface area contributed by atoms with Gasteiger partial charge in [-0.15, -0.1) is 0 Å². The van der Waals surface area contributed by atoms with Gasteiger partial charge in [-0.2, -0.15) is 0 Å². The Kier molecular flexibility index (Phi) is 4.88. The third-order valence-corrected chi connectivity index (χ3v) is 3.28. The SMILES string of the molecule is CC(C)Cc1cccc(C(NN)c2cccc(F)c2)c1. The first-order valence-corrected chi connectivity index (χ1v) is 6.90. The van der Waals surface area contributed by atoms with Crippen LogP contribution in [0, 0.1) is 11.7 Å². The second-order valence-electron chi connectivity index (χ2n) is 5.50. The number of nitrogens with two attached hydrogens (primary N) is 1. The van der Waals surface area contributed by atoms with Crippen LogP contribution < -0.4 is 11.3 Å². The van der Waals surface area contributed by atoms with Crippen LogP contribution in [-0.2, 0) is 6.42 Å². The van der Waals surface area contributed by atoms with E-state index in [1.54, 1.807) is 6.07 Å². The molecule has 2 aromatic rings. The van der Waals surface area contributed by atoms with Crippen molar-refractivity contribution < 1.29 is 4.39 Å². The fourth-order valence-corrected chi connectivity index (χ4v) is 2.44. The summed E-state index contributed by atoms with van der Waals surface area (Å²) in [6.07, 6.45) is 1.02. The molecule has 0 fully saturated rings. The number of hydrazine groups is 1. The highest BCUT2D eigenvalue weighted by molar-refractivity contribution is 5.34. The van der Waals surface area contributed by atoms with Gasteiger partial charge in [-0.1, -0.05) is 50.2 Å². The average Bonchev–Trinajstić information content (AvgIpc) is 2.39. The maximum Gasteiger partial charge on any atom is 0.123 e. The lowest BCUT2D eigenvalue weighted by Gasteiger charge is -2.18. The van der Waals surface area contributed by atoms with E-state index in [1.807, 2.05) is 18.2 Å². The van der Waals surface area contributed by atoms with Crippen molar-refractivity contribution in [3.63, 3.8) is 0 Å². The number of nitrogens with one attached hydrogen (secondary N) is 1. The molecule has 0 aromatic heterocycles. The first kappa shape index (κ1) is 14.7. The molecule has 2 aromatic carbocycles. The lowest BCUT2D eigenvalue weighted by Crippen LogP contribution is -2.29. The number of halogens is 1. The van der Waals surface area contributed by atoms with Gasteiger partial charge in [0.25, 0.3) is 0 Å². The molecular weight excluding hydrogens is 251 g/mol. The quantitative estimate of drug-likeness (QED) is 0.645. The van der Waals surface area contributed by atoms with Crippen LogP contribution in [-0.4, -0.2) is 0 Å². The summed E-state index contributed by atoms with van der Waals surface area (Å²) in [4.78, 5) is 0. The Morgan fingerprint density at radius 1 is 1.05 bits per heavy atom. The van der Waals surface area contributed by atoms with Gasteiger partial charge in [0.1, 0.15) is 5.82 Å². The number of hydrogen-bond acceptors (Lipinski definition) is 2. The largest absolute Gasteiger partial charge is 0.271 e. The first-order chi connectivity index (χ1) is 9.60. The van der Waals surface area contributed by atoms with Crippen molar-refractivity contribution in [2.24, 2.45) is 11.8 Å². The third kappa shape index (κ3) is 3.65. The van der Waals surface area contributed by atoms with Crippen molar-refractivity contribution in [3.8, 4) is 0 Å². The minimum Gasteiger partial charge on any atom is -0.271 e. The van der Waals surface area contributed by atoms with E-state index in [9.17, 15) is 4.39 Å². The molecule has 20 heavy (non-hydrogen) atoms. The summed E-state index contributed by atoms with van der Waals surface area (Å²) < 4.78 is 13.4. The number of benzene rings is 2. The number of hydrogen-bond donors (Lipinski definition) is 2. The van der Waals surface area contributed by atoms with Crippen LogP contribution in [0.2, 0.25) is 0 Å². The molecule has 106 valence electrons. The molecule has 0 aliphatic rings. The highest BCUT2D eigenvalue weighted by Gasteiger charge is 2.13. The summed E-state index contributed by atoms with van der Waals surface area (Å²) in [5.74, 6) is 6.02. The summed E-state index contributed by atoms with van der Waals surface area (Å²) in [5.41, 5.74) is 5.93. The van der Waals surface area contributed by atoms with E-state index in [0.29, 0.717) is 5.92 Å². The predicted molar refractivity (Wildman–Crippen MR) is 80.6 cm³/mol. The lowest BCUT2D eigenvalue weighted by molar-refractivity contribution is 0.603. The molecular formula is C17H21FN2. The van der Waals surface area contributed by atoms with Crippen LogP contribution in [0.25, 0.3) is 0 Å². The van der Waals surface area contributed by atoms with E-state index in [4.69, 9.17) is 5.84 Å². The molecule has 0 heterocycles. The van der Waals surface area contributed by atoms with Gasteiger partial charge < -0.3 is 0 Å². The Hall–Kier alpha value is -1.71. The summed E-state index contributed by atoms with van der Waals surface area (Å²) in [6, 6.07) is 14.6. The fraction of sp³-hybridized carbons (Fsp3) is 0.294. The Morgan fingerprint density at radius 3 is 2.30 bits per heavy atom. The molecule has 0 aliphatic heterocycles. The molecule has 0 amide bonds. The molecule has 1 unspecified atom stereocenters. The molecule has 3 N–H and O–H groups in total. The van der Waals surface area contributed by atoms with E-state index in [-0.39, 0.29) is 11.9 Å². The minimum atomic E-state index is -0.249. The molecule has 2 nitrogen and oxygen atoms in total. The summed E-state index contributed by atoms with van der Waals surface area (Å²) in [6.45, 7) is 4.38. The van der Waals surface area contributed by atoms with Gasteiger partial charge >= 0.3 is 0 Å². The Labute approximate surface area is 119 Å². The zero-order valence-electron chi connectivity index (χ0n) is 11.9. The van der Waals surface area contributed by atoms with Gasteiger partial charge in [-0.3, -0.25) is 5.84 Å². The highest BCUT2D eigenvalue weighted by atomic mass is 19.1. The van der Waals surface area contributed by atoms with Crippen molar-refractivity contribution in [2.45, 2.75) is 26.3 Å². The van der Waals surface area contributed by atoms with Crippen molar-refractivity contribution in [3.05, 3.63) is 71.0 Å². The van der Waals surface area contributed by atoms with Crippen molar-refractivity contribution in [1.29, 1.82) is 0 Å². The van der Waals surface area contributed by atoms with Crippen molar-refractivity contribution >= 4 is 0 Å². The molecule has 0 bridgehead atoms. The van der Waals surface area contributed by atoms with Crippen LogP contribution in [0.5, 0.6) is 0 Å². The summed E-state index contributed by atoms with van der Waals surface area (Å²) in [5, 5.41) is 0. The topological polar surface area (TPSA) is 38.0 Å². The summed E-state index contributed by atoms with van der Waals surface area (Å²) in [7, 11) is 0. The zero-order valence-corrected chi connectivity index (χ0v) is 11.9. The van der Waals surface area contributed by atoms with Gasteiger partial charge in [-0.05, 0) is 41.2 Å². The van der Waals surface area contributed by atoms with Gasteiger partial charge in [0.05, 0.1) is 6.04 Å². The number of rotatable bonds is 5. The minimum absolute atomic E-state index is 0.196. The molecule has 0 radical (unpaired) electrons. The molecule has 1 atom stereocenters. The maximum absolute atomic E-state index is 13.4. The van der Waals surface area contributed by atoms with Crippen LogP contribution in [0.15, 0.2) is 48.5 Å². The molecule has 3 heteroatoms. The molecule has 0 saturated carbocycles. The van der Waals surface area contributed by atoms with Crippen LogP contribution in [0.3, 0.4) is 0 Å². The van der Waals surface area contributed by atoms with Crippen molar-refractivity contribution in [2.75, 3.05) is 0 Å². The predicted octanol–water partition coefficient (Wildman–Crippen LogP) is 3.58. The van der Waals surface area contributed by atoms with E-state index in [0.717, 1.165) is 17.5 Å². The smallest absolute Gasteiger partial charge is 0.123 e. The average molecular weight is 272 g/mol. The highest BCUT2D eigenvalue weighted by Crippen LogP contribution is 2.23. The second kappa shape index (κ2) is 6.64. The van der Waals surface area contributed by atoms with Crippen LogP contribution in [0.4, 0.5) is 4.39 Å². The monoisotopic (exact) mass is 272 g/mol. The summed E-state index contributed by atoms with van der Waals surface area (Å²) >= 11 is 0. The molecule has 0 aliphatic carbocycles. The third-order valence-electron chi connectivity index (χ3n) is 3.28. The van der Waals surface area contributed by atoms with E-state index in [2.05, 4.69) is 31.4 Å². The lowest BCUT2D eigenvalue weighted by atomic mass is 9.95. The van der Waals surface area contributed by atoms with Gasteiger partial charge in [0.15, 0.2) is 0 Å². The van der Waals surface area contributed by atoms with Crippen molar-refractivity contribution in [1.82, 2.24) is 5.43 Å². The first-order valence-electron chi connectivity index (χ1n) is 6.90. The normalized spacial score (nSPS) is 12.7. The standard InChI is InChI=1S/C17H21FN2/c1-12(2)9-13-5-3-6-14(10-13)17(20-19)15-7-4-8-16(18)11-15/h3-8,10-12,17,20H,9,19H2,1-2H3. The fourth-order valence-electron chi connectivity index (χ4n) is 2.44. The van der Waals surface area contributed by atoms with Gasteiger partial charge in [-0.25, -0.2) is 9.82 Å². The Morgan fingerprint density at radius 2 is 1.70 bits per heavy atom. The Balaban J connectivity index is 2.32. The second-order valence-corrected chi connectivity index (χ2v) is 5.50. The molecule has 0 spiro atoms. The van der Waals surface area contributed by atoms with Gasteiger partial charge in [0.2, 0.25) is 0 Å². The maximum atomic E-state index is 13.4. The zero-order chi connectivity index (χ0) is 14.5.